The largest absolute Gasteiger partial charge is 0.273 e. The Morgan fingerprint density at radius 3 is 2.73 bits per heavy atom. The molecule has 120 valence electrons. The minimum Gasteiger partial charge on any atom is -0.273 e. The van der Waals surface area contributed by atoms with Gasteiger partial charge in [-0.15, -0.1) is 0 Å². The van der Waals surface area contributed by atoms with Crippen molar-refractivity contribution in [1.29, 1.82) is 0 Å². The molecule has 0 unspecified atom stereocenters. The van der Waals surface area contributed by atoms with Crippen LogP contribution < -0.4 is 5.43 Å². The van der Waals surface area contributed by atoms with E-state index in [4.69, 9.17) is 0 Å². The van der Waals surface area contributed by atoms with Crippen LogP contribution in [0.4, 0.5) is 0 Å². The summed E-state index contributed by atoms with van der Waals surface area (Å²) in [7, 11) is -2.94. The molecular weight excluding hydrogens is 300 g/mol. The zero-order valence-corrected chi connectivity index (χ0v) is 14.0. The SMILES string of the molecule is C/C(=N/NC(=O)C[C@H]1CCS(=O)(=O)C1)c1cc(C)ccc1C. The molecule has 22 heavy (non-hydrogen) atoms. The minimum atomic E-state index is -2.94. The predicted octanol–water partition coefficient (Wildman–Crippen LogP) is 1.97. The van der Waals surface area contributed by atoms with Crippen LogP contribution in [0.3, 0.4) is 0 Å². The number of amides is 1. The fourth-order valence-corrected chi connectivity index (χ4v) is 4.53. The lowest BCUT2D eigenvalue weighted by Crippen LogP contribution is -2.22. The molecule has 1 aromatic rings. The zero-order valence-electron chi connectivity index (χ0n) is 13.2. The Bertz CT molecular complexity index is 708. The number of nitrogens with zero attached hydrogens (tertiary/aromatic N) is 1. The number of hydrogen-bond acceptors (Lipinski definition) is 4. The summed E-state index contributed by atoms with van der Waals surface area (Å²) in [4.78, 5) is 11.9. The lowest BCUT2D eigenvalue weighted by molar-refractivity contribution is -0.121. The van der Waals surface area contributed by atoms with Gasteiger partial charge in [0.25, 0.3) is 0 Å². The van der Waals surface area contributed by atoms with Gasteiger partial charge in [-0.3, -0.25) is 4.79 Å². The summed E-state index contributed by atoms with van der Waals surface area (Å²) in [5.74, 6) is -0.0106. The van der Waals surface area contributed by atoms with Gasteiger partial charge in [-0.25, -0.2) is 13.8 Å². The van der Waals surface area contributed by atoms with E-state index in [1.54, 1.807) is 0 Å². The number of carbonyl (C=O) groups is 1. The molecule has 0 bridgehead atoms. The molecule has 0 spiro atoms. The van der Waals surface area contributed by atoms with Crippen LogP contribution in [-0.2, 0) is 14.6 Å². The lowest BCUT2D eigenvalue weighted by Gasteiger charge is -2.08. The quantitative estimate of drug-likeness (QED) is 0.680. The number of hydrazone groups is 1. The summed E-state index contributed by atoms with van der Waals surface area (Å²) in [6.45, 7) is 5.86. The van der Waals surface area contributed by atoms with Crippen LogP contribution in [0.2, 0.25) is 0 Å². The van der Waals surface area contributed by atoms with Crippen molar-refractivity contribution in [3.05, 3.63) is 34.9 Å². The Morgan fingerprint density at radius 2 is 2.09 bits per heavy atom. The molecule has 0 aliphatic carbocycles. The van der Waals surface area contributed by atoms with Crippen molar-refractivity contribution < 1.29 is 13.2 Å². The number of rotatable bonds is 4. The van der Waals surface area contributed by atoms with Crippen LogP contribution in [0, 0.1) is 19.8 Å². The van der Waals surface area contributed by atoms with Gasteiger partial charge >= 0.3 is 0 Å². The highest BCUT2D eigenvalue weighted by Gasteiger charge is 2.29. The minimum absolute atomic E-state index is 0.0822. The number of aryl methyl sites for hydroxylation is 2. The number of hydrogen-bond donors (Lipinski definition) is 1. The molecule has 1 heterocycles. The molecule has 1 N–H and O–H groups in total. The van der Waals surface area contributed by atoms with Crippen LogP contribution in [0.5, 0.6) is 0 Å². The monoisotopic (exact) mass is 322 g/mol. The van der Waals surface area contributed by atoms with Gasteiger partial charge in [0.05, 0.1) is 17.2 Å². The molecule has 6 heteroatoms. The second kappa shape index (κ2) is 6.60. The van der Waals surface area contributed by atoms with Gasteiger partial charge in [-0.2, -0.15) is 5.10 Å². The average molecular weight is 322 g/mol. The number of carbonyl (C=O) groups excluding carboxylic acids is 1. The molecule has 1 fully saturated rings. The number of sulfone groups is 1. The maximum Gasteiger partial charge on any atom is 0.240 e. The fraction of sp³-hybridized carbons (Fsp3) is 0.500. The van der Waals surface area contributed by atoms with Crippen molar-refractivity contribution in [2.24, 2.45) is 11.0 Å². The first-order chi connectivity index (χ1) is 10.3. The topological polar surface area (TPSA) is 75.6 Å². The van der Waals surface area contributed by atoms with E-state index in [2.05, 4.69) is 10.5 Å². The second-order valence-corrected chi connectivity index (χ2v) is 8.25. The average Bonchev–Trinajstić information content (AvgIpc) is 2.78. The molecule has 1 saturated heterocycles. The van der Waals surface area contributed by atoms with Crippen molar-refractivity contribution in [1.82, 2.24) is 5.43 Å². The Labute approximate surface area is 131 Å². The molecule has 5 nitrogen and oxygen atoms in total. The third kappa shape index (κ3) is 4.40. The van der Waals surface area contributed by atoms with Crippen molar-refractivity contribution >= 4 is 21.5 Å². The van der Waals surface area contributed by atoms with Crippen molar-refractivity contribution in [3.8, 4) is 0 Å². The van der Waals surface area contributed by atoms with Crippen molar-refractivity contribution in [2.45, 2.75) is 33.6 Å². The molecule has 1 aliphatic rings. The third-order valence-corrected chi connectivity index (χ3v) is 5.77. The summed E-state index contributed by atoms with van der Waals surface area (Å²) < 4.78 is 22.8. The summed E-state index contributed by atoms with van der Waals surface area (Å²) in [6, 6.07) is 6.09. The van der Waals surface area contributed by atoms with E-state index in [-0.39, 0.29) is 29.8 Å². The fourth-order valence-electron chi connectivity index (χ4n) is 2.67. The first-order valence-electron chi connectivity index (χ1n) is 7.38. The van der Waals surface area contributed by atoms with Crippen LogP contribution in [0.15, 0.2) is 23.3 Å². The molecule has 1 aromatic carbocycles. The molecule has 0 saturated carbocycles. The molecular formula is C16H22N2O3S. The summed E-state index contributed by atoms with van der Waals surface area (Å²) in [5.41, 5.74) is 6.52. The van der Waals surface area contributed by atoms with E-state index in [9.17, 15) is 13.2 Å². The van der Waals surface area contributed by atoms with Crippen molar-refractivity contribution in [2.75, 3.05) is 11.5 Å². The van der Waals surface area contributed by atoms with Gasteiger partial charge in [-0.05, 0) is 44.7 Å². The highest BCUT2D eigenvalue weighted by atomic mass is 32.2. The second-order valence-electron chi connectivity index (χ2n) is 6.02. The summed E-state index contributed by atoms with van der Waals surface area (Å²) in [5, 5.41) is 4.14. The molecule has 0 radical (unpaired) electrons. The highest BCUT2D eigenvalue weighted by molar-refractivity contribution is 7.91. The van der Waals surface area contributed by atoms with E-state index < -0.39 is 9.84 Å². The smallest absolute Gasteiger partial charge is 0.240 e. The molecule has 1 atom stereocenters. The normalized spacial score (nSPS) is 20.9. The van der Waals surface area contributed by atoms with Gasteiger partial charge in [0.15, 0.2) is 9.84 Å². The predicted molar refractivity (Wildman–Crippen MR) is 87.6 cm³/mol. The van der Waals surface area contributed by atoms with E-state index in [0.717, 1.165) is 22.4 Å². The molecule has 1 amide bonds. The Balaban J connectivity index is 1.96. The maximum absolute atomic E-state index is 11.9. The van der Waals surface area contributed by atoms with Crippen LogP contribution >= 0.6 is 0 Å². The van der Waals surface area contributed by atoms with Crippen LogP contribution in [-0.4, -0.2) is 31.5 Å². The van der Waals surface area contributed by atoms with E-state index in [1.807, 2.05) is 39.0 Å². The van der Waals surface area contributed by atoms with E-state index >= 15 is 0 Å². The van der Waals surface area contributed by atoms with Crippen molar-refractivity contribution in [3.63, 3.8) is 0 Å². The standard InChI is InChI=1S/C16H22N2O3S/c1-11-4-5-12(2)15(8-11)13(3)17-18-16(19)9-14-6-7-22(20,21)10-14/h4-5,8,14H,6-7,9-10H2,1-3H3,(H,18,19)/b17-13-/t14-/m1/s1. The van der Waals surface area contributed by atoms with Crippen LogP contribution in [0.1, 0.15) is 36.5 Å². The molecule has 0 aromatic heterocycles. The van der Waals surface area contributed by atoms with Gasteiger partial charge in [0.2, 0.25) is 5.91 Å². The van der Waals surface area contributed by atoms with Gasteiger partial charge in [-0.1, -0.05) is 17.7 Å². The molecule has 2 rings (SSSR count). The lowest BCUT2D eigenvalue weighted by atomic mass is 10.0. The Morgan fingerprint density at radius 1 is 1.36 bits per heavy atom. The third-order valence-electron chi connectivity index (χ3n) is 3.93. The molecule has 1 aliphatic heterocycles. The first kappa shape index (κ1) is 16.7. The zero-order chi connectivity index (χ0) is 16.3. The Kier molecular flexibility index (Phi) is 5.01. The number of benzene rings is 1. The van der Waals surface area contributed by atoms with E-state index in [0.29, 0.717) is 6.42 Å². The maximum atomic E-state index is 11.9. The van der Waals surface area contributed by atoms with E-state index in [1.165, 1.54) is 0 Å². The van der Waals surface area contributed by atoms with Gasteiger partial charge < -0.3 is 0 Å². The van der Waals surface area contributed by atoms with Gasteiger partial charge in [0.1, 0.15) is 0 Å². The number of nitrogens with one attached hydrogen (secondary N) is 1. The van der Waals surface area contributed by atoms with Crippen LogP contribution in [0.25, 0.3) is 0 Å². The highest BCUT2D eigenvalue weighted by Crippen LogP contribution is 2.21. The first-order valence-corrected chi connectivity index (χ1v) is 9.20. The Hall–Kier alpha value is -1.69. The summed E-state index contributed by atoms with van der Waals surface area (Å²) >= 11 is 0. The summed E-state index contributed by atoms with van der Waals surface area (Å²) in [6.07, 6.45) is 0.776. The van der Waals surface area contributed by atoms with Gasteiger partial charge in [0, 0.05) is 12.0 Å².